The smallest absolute Gasteiger partial charge is 0.267 e. The standard InChI is InChI=1S/C15H14ClN3O/c1-2-14(11-5-3-7-13(16)9-11)18-19-15(20)12-6-4-8-17-10-12/h3-10H,2H2,1H3,(H,19,20)/b18-14+. The molecule has 0 bridgehead atoms. The highest BCUT2D eigenvalue weighted by Gasteiger charge is 2.06. The first kappa shape index (κ1) is 14.2. The minimum absolute atomic E-state index is 0.286. The van der Waals surface area contributed by atoms with Gasteiger partial charge < -0.3 is 0 Å². The number of hydrogen-bond acceptors (Lipinski definition) is 3. The molecular weight excluding hydrogens is 274 g/mol. The van der Waals surface area contributed by atoms with Crippen molar-refractivity contribution in [3.8, 4) is 0 Å². The SMILES string of the molecule is CC/C(=N\NC(=O)c1cccnc1)c1cccc(Cl)c1. The van der Waals surface area contributed by atoms with Gasteiger partial charge in [0.05, 0.1) is 11.3 Å². The van der Waals surface area contributed by atoms with Crippen molar-refractivity contribution in [1.82, 2.24) is 10.4 Å². The molecule has 0 saturated carbocycles. The fourth-order valence-corrected chi connectivity index (χ4v) is 1.89. The average Bonchev–Trinajstić information content (AvgIpc) is 2.48. The zero-order valence-electron chi connectivity index (χ0n) is 11.0. The van der Waals surface area contributed by atoms with Gasteiger partial charge in [0.15, 0.2) is 0 Å². The van der Waals surface area contributed by atoms with Crippen molar-refractivity contribution < 1.29 is 4.79 Å². The lowest BCUT2D eigenvalue weighted by molar-refractivity contribution is 0.0954. The lowest BCUT2D eigenvalue weighted by atomic mass is 10.1. The van der Waals surface area contributed by atoms with Gasteiger partial charge >= 0.3 is 0 Å². The molecule has 0 aliphatic rings. The Morgan fingerprint density at radius 1 is 1.30 bits per heavy atom. The van der Waals surface area contributed by atoms with Crippen LogP contribution in [0.1, 0.15) is 29.3 Å². The number of carbonyl (C=O) groups is 1. The van der Waals surface area contributed by atoms with Gasteiger partial charge in [-0.3, -0.25) is 9.78 Å². The topological polar surface area (TPSA) is 54.4 Å². The molecule has 2 rings (SSSR count). The van der Waals surface area contributed by atoms with E-state index < -0.39 is 0 Å². The number of amides is 1. The Balaban J connectivity index is 2.14. The van der Waals surface area contributed by atoms with Crippen molar-refractivity contribution in [2.75, 3.05) is 0 Å². The number of aromatic nitrogens is 1. The van der Waals surface area contributed by atoms with Crippen molar-refractivity contribution in [3.05, 3.63) is 64.9 Å². The number of nitrogens with one attached hydrogen (secondary N) is 1. The van der Waals surface area contributed by atoms with Crippen LogP contribution in [0.15, 0.2) is 53.9 Å². The van der Waals surface area contributed by atoms with Crippen LogP contribution in [0.2, 0.25) is 5.02 Å². The van der Waals surface area contributed by atoms with Crippen LogP contribution in [-0.2, 0) is 0 Å². The first-order chi connectivity index (χ1) is 9.70. The molecule has 0 aliphatic carbocycles. The zero-order chi connectivity index (χ0) is 14.4. The molecule has 0 unspecified atom stereocenters. The van der Waals surface area contributed by atoms with E-state index in [9.17, 15) is 4.79 Å². The van der Waals surface area contributed by atoms with Gasteiger partial charge in [0, 0.05) is 17.4 Å². The van der Waals surface area contributed by atoms with Gasteiger partial charge in [0.2, 0.25) is 0 Å². The summed E-state index contributed by atoms with van der Waals surface area (Å²) in [6.45, 7) is 1.97. The number of hydrogen-bond donors (Lipinski definition) is 1. The Bertz CT molecular complexity index is 626. The Kier molecular flexibility index (Phi) is 4.85. The summed E-state index contributed by atoms with van der Waals surface area (Å²) < 4.78 is 0. The van der Waals surface area contributed by atoms with E-state index in [-0.39, 0.29) is 5.91 Å². The quantitative estimate of drug-likeness (QED) is 0.693. The monoisotopic (exact) mass is 287 g/mol. The molecule has 20 heavy (non-hydrogen) atoms. The lowest BCUT2D eigenvalue weighted by Gasteiger charge is -2.05. The van der Waals surface area contributed by atoms with Crippen LogP contribution >= 0.6 is 11.6 Å². The summed E-state index contributed by atoms with van der Waals surface area (Å²) in [5.41, 5.74) is 4.67. The summed E-state index contributed by atoms with van der Waals surface area (Å²) in [6, 6.07) is 10.8. The van der Waals surface area contributed by atoms with Gasteiger partial charge in [-0.25, -0.2) is 5.43 Å². The lowest BCUT2D eigenvalue weighted by Crippen LogP contribution is -2.20. The van der Waals surface area contributed by atoms with E-state index in [4.69, 9.17) is 11.6 Å². The summed E-state index contributed by atoms with van der Waals surface area (Å²) in [5, 5.41) is 4.80. The normalized spacial score (nSPS) is 11.2. The molecule has 1 aromatic carbocycles. The molecule has 0 aliphatic heterocycles. The molecule has 2 aromatic rings. The highest BCUT2D eigenvalue weighted by molar-refractivity contribution is 6.31. The number of hydrazone groups is 1. The third-order valence-corrected chi connectivity index (χ3v) is 2.94. The highest BCUT2D eigenvalue weighted by Crippen LogP contribution is 2.12. The second-order valence-electron chi connectivity index (χ2n) is 4.11. The van der Waals surface area contributed by atoms with Gasteiger partial charge in [-0.05, 0) is 36.2 Å². The van der Waals surface area contributed by atoms with Crippen LogP contribution in [0.4, 0.5) is 0 Å². The maximum Gasteiger partial charge on any atom is 0.272 e. The summed E-state index contributed by atoms with van der Waals surface area (Å²) in [6.07, 6.45) is 3.80. The molecule has 0 spiro atoms. The molecule has 0 fully saturated rings. The van der Waals surface area contributed by atoms with Crippen molar-refractivity contribution in [2.24, 2.45) is 5.10 Å². The maximum atomic E-state index is 11.9. The number of pyridine rings is 1. The minimum atomic E-state index is -0.286. The third kappa shape index (κ3) is 3.65. The van der Waals surface area contributed by atoms with Crippen LogP contribution in [0.25, 0.3) is 0 Å². The fraction of sp³-hybridized carbons (Fsp3) is 0.133. The predicted molar refractivity (Wildman–Crippen MR) is 80.0 cm³/mol. The molecular formula is C15H14ClN3O. The molecule has 5 heteroatoms. The van der Waals surface area contributed by atoms with Crippen molar-refractivity contribution >= 4 is 23.2 Å². The predicted octanol–water partition coefficient (Wildman–Crippen LogP) is 3.28. The van der Waals surface area contributed by atoms with Gasteiger partial charge in [0.1, 0.15) is 0 Å². The number of rotatable bonds is 4. The minimum Gasteiger partial charge on any atom is -0.267 e. The molecule has 102 valence electrons. The molecule has 0 radical (unpaired) electrons. The van der Waals surface area contributed by atoms with E-state index in [1.165, 1.54) is 6.20 Å². The summed E-state index contributed by atoms with van der Waals surface area (Å²) in [4.78, 5) is 15.8. The molecule has 1 aromatic heterocycles. The summed E-state index contributed by atoms with van der Waals surface area (Å²) in [5.74, 6) is -0.286. The molecule has 1 N–H and O–H groups in total. The van der Waals surface area contributed by atoms with E-state index in [0.717, 1.165) is 11.3 Å². The van der Waals surface area contributed by atoms with E-state index in [1.54, 1.807) is 24.4 Å². The Morgan fingerprint density at radius 2 is 2.10 bits per heavy atom. The molecule has 4 nitrogen and oxygen atoms in total. The van der Waals surface area contributed by atoms with E-state index in [2.05, 4.69) is 15.5 Å². The highest BCUT2D eigenvalue weighted by atomic mass is 35.5. The Labute approximate surface area is 122 Å². The van der Waals surface area contributed by atoms with Crippen LogP contribution in [0, 0.1) is 0 Å². The maximum absolute atomic E-state index is 11.9. The van der Waals surface area contributed by atoms with Gasteiger partial charge in [0.25, 0.3) is 5.91 Å². The number of benzene rings is 1. The van der Waals surface area contributed by atoms with Crippen LogP contribution in [0.5, 0.6) is 0 Å². The van der Waals surface area contributed by atoms with E-state index >= 15 is 0 Å². The largest absolute Gasteiger partial charge is 0.272 e. The fourth-order valence-electron chi connectivity index (χ4n) is 1.70. The molecule has 0 saturated heterocycles. The van der Waals surface area contributed by atoms with Crippen LogP contribution in [0.3, 0.4) is 0 Å². The zero-order valence-corrected chi connectivity index (χ0v) is 11.8. The second-order valence-corrected chi connectivity index (χ2v) is 4.54. The molecule has 1 heterocycles. The van der Waals surface area contributed by atoms with Crippen molar-refractivity contribution in [1.29, 1.82) is 0 Å². The van der Waals surface area contributed by atoms with Crippen molar-refractivity contribution in [3.63, 3.8) is 0 Å². The summed E-state index contributed by atoms with van der Waals surface area (Å²) in [7, 11) is 0. The summed E-state index contributed by atoms with van der Waals surface area (Å²) >= 11 is 5.95. The number of carbonyl (C=O) groups excluding carboxylic acids is 1. The number of nitrogens with zero attached hydrogens (tertiary/aromatic N) is 2. The first-order valence-electron chi connectivity index (χ1n) is 6.23. The third-order valence-electron chi connectivity index (χ3n) is 2.71. The molecule has 0 atom stereocenters. The van der Waals surface area contributed by atoms with Gasteiger partial charge in [-0.1, -0.05) is 30.7 Å². The van der Waals surface area contributed by atoms with E-state index in [1.807, 2.05) is 25.1 Å². The van der Waals surface area contributed by atoms with Crippen LogP contribution < -0.4 is 5.43 Å². The van der Waals surface area contributed by atoms with Gasteiger partial charge in [-0.15, -0.1) is 0 Å². The van der Waals surface area contributed by atoms with Gasteiger partial charge in [-0.2, -0.15) is 5.10 Å². The Hall–Kier alpha value is -2.20. The first-order valence-corrected chi connectivity index (χ1v) is 6.61. The number of halogens is 1. The average molecular weight is 288 g/mol. The van der Waals surface area contributed by atoms with E-state index in [0.29, 0.717) is 17.0 Å². The van der Waals surface area contributed by atoms with Crippen molar-refractivity contribution in [2.45, 2.75) is 13.3 Å². The molecule has 1 amide bonds. The second kappa shape index (κ2) is 6.82. The Morgan fingerprint density at radius 3 is 2.75 bits per heavy atom. The van der Waals surface area contributed by atoms with Crippen LogP contribution in [-0.4, -0.2) is 16.6 Å².